The fourth-order valence-corrected chi connectivity index (χ4v) is 2.07. The molecule has 0 spiro atoms. The van der Waals surface area contributed by atoms with E-state index in [1.807, 2.05) is 30.5 Å². The first-order valence-corrected chi connectivity index (χ1v) is 5.91. The SMILES string of the molecule is [Ir].[c-]1cccc(-c2ccccc2-c2cccnc2)c1. The van der Waals surface area contributed by atoms with Crippen LogP contribution in [0.1, 0.15) is 0 Å². The van der Waals surface area contributed by atoms with Crippen LogP contribution in [0.4, 0.5) is 0 Å². The molecule has 2 heteroatoms. The molecule has 0 aliphatic heterocycles. The summed E-state index contributed by atoms with van der Waals surface area (Å²) < 4.78 is 0. The summed E-state index contributed by atoms with van der Waals surface area (Å²) >= 11 is 0. The summed E-state index contributed by atoms with van der Waals surface area (Å²) in [5.74, 6) is 0. The van der Waals surface area contributed by atoms with Crippen molar-refractivity contribution in [2.45, 2.75) is 0 Å². The van der Waals surface area contributed by atoms with Crippen LogP contribution in [0.2, 0.25) is 0 Å². The zero-order valence-corrected chi connectivity index (χ0v) is 12.6. The van der Waals surface area contributed by atoms with Gasteiger partial charge in [-0.1, -0.05) is 35.9 Å². The number of nitrogens with zero attached hydrogens (tertiary/aromatic N) is 1. The number of pyridine rings is 1. The molecule has 2 aromatic carbocycles. The van der Waals surface area contributed by atoms with E-state index in [4.69, 9.17) is 0 Å². The van der Waals surface area contributed by atoms with E-state index in [2.05, 4.69) is 47.4 Å². The maximum absolute atomic E-state index is 4.19. The summed E-state index contributed by atoms with van der Waals surface area (Å²) in [6.45, 7) is 0. The third kappa shape index (κ3) is 2.98. The van der Waals surface area contributed by atoms with E-state index in [1.165, 1.54) is 16.7 Å². The molecule has 0 saturated heterocycles. The molecule has 19 heavy (non-hydrogen) atoms. The van der Waals surface area contributed by atoms with Crippen LogP contribution in [-0.2, 0) is 20.1 Å². The number of hydrogen-bond acceptors (Lipinski definition) is 1. The Balaban J connectivity index is 0.00000133. The standard InChI is InChI=1S/C17H12N.Ir/c1-2-7-14(8-3-1)16-10-4-5-11-17(16)15-9-6-12-18-13-15;/h1-2,4-13H;/q-1;. The average Bonchev–Trinajstić information content (AvgIpc) is 2.49. The number of benzene rings is 2. The maximum Gasteiger partial charge on any atom is 0.0346 e. The summed E-state index contributed by atoms with van der Waals surface area (Å²) in [5, 5.41) is 0. The Morgan fingerprint density at radius 2 is 1.53 bits per heavy atom. The molecule has 0 unspecified atom stereocenters. The summed E-state index contributed by atoms with van der Waals surface area (Å²) in [7, 11) is 0. The maximum atomic E-state index is 4.19. The number of rotatable bonds is 2. The van der Waals surface area contributed by atoms with Gasteiger partial charge in [-0.15, -0.1) is 5.56 Å². The van der Waals surface area contributed by atoms with E-state index in [0.29, 0.717) is 0 Å². The molecule has 0 N–H and O–H groups in total. The van der Waals surface area contributed by atoms with Crippen LogP contribution >= 0.6 is 0 Å². The van der Waals surface area contributed by atoms with E-state index in [0.717, 1.165) is 5.56 Å². The van der Waals surface area contributed by atoms with Crippen molar-refractivity contribution in [1.82, 2.24) is 4.98 Å². The molecule has 3 rings (SSSR count). The average molecular weight is 423 g/mol. The van der Waals surface area contributed by atoms with Gasteiger partial charge in [-0.3, -0.25) is 4.98 Å². The van der Waals surface area contributed by atoms with Crippen LogP contribution in [0.5, 0.6) is 0 Å². The molecule has 0 fully saturated rings. The van der Waals surface area contributed by atoms with Crippen molar-refractivity contribution < 1.29 is 20.1 Å². The number of hydrogen-bond donors (Lipinski definition) is 0. The summed E-state index contributed by atoms with van der Waals surface area (Å²) in [4.78, 5) is 4.19. The summed E-state index contributed by atoms with van der Waals surface area (Å²) in [6, 6.07) is 23.6. The van der Waals surface area contributed by atoms with Crippen molar-refractivity contribution in [3.05, 3.63) is 79.1 Å². The van der Waals surface area contributed by atoms with Gasteiger partial charge in [0.2, 0.25) is 0 Å². The van der Waals surface area contributed by atoms with Gasteiger partial charge in [0.15, 0.2) is 0 Å². The van der Waals surface area contributed by atoms with Gasteiger partial charge in [-0.2, -0.15) is 30.3 Å². The van der Waals surface area contributed by atoms with Crippen molar-refractivity contribution in [1.29, 1.82) is 0 Å². The molecule has 0 saturated carbocycles. The predicted molar refractivity (Wildman–Crippen MR) is 73.9 cm³/mol. The van der Waals surface area contributed by atoms with E-state index in [9.17, 15) is 0 Å². The Hall–Kier alpha value is -1.76. The van der Waals surface area contributed by atoms with E-state index >= 15 is 0 Å². The summed E-state index contributed by atoms with van der Waals surface area (Å²) in [6.07, 6.45) is 3.69. The van der Waals surface area contributed by atoms with Gasteiger partial charge in [-0.05, 0) is 17.2 Å². The van der Waals surface area contributed by atoms with Gasteiger partial charge < -0.3 is 0 Å². The van der Waals surface area contributed by atoms with E-state index in [-0.39, 0.29) is 20.1 Å². The molecule has 0 amide bonds. The zero-order valence-electron chi connectivity index (χ0n) is 10.2. The molecule has 95 valence electrons. The largest absolute Gasteiger partial charge is 0.264 e. The van der Waals surface area contributed by atoms with Crippen LogP contribution in [0.15, 0.2) is 73.1 Å². The second kappa shape index (κ2) is 6.42. The topological polar surface area (TPSA) is 12.9 Å². The minimum atomic E-state index is 0. The van der Waals surface area contributed by atoms with Gasteiger partial charge >= 0.3 is 0 Å². The second-order valence-corrected chi connectivity index (χ2v) is 4.08. The second-order valence-electron chi connectivity index (χ2n) is 4.08. The Labute approximate surface area is 126 Å². The predicted octanol–water partition coefficient (Wildman–Crippen LogP) is 4.21. The number of aromatic nitrogens is 1. The molecule has 0 atom stereocenters. The summed E-state index contributed by atoms with van der Waals surface area (Å²) in [5.41, 5.74) is 4.72. The molecule has 1 heterocycles. The van der Waals surface area contributed by atoms with Crippen molar-refractivity contribution in [2.24, 2.45) is 0 Å². The normalized spacial score (nSPS) is 9.68. The molecule has 0 bridgehead atoms. The molecule has 0 aliphatic carbocycles. The molecule has 1 radical (unpaired) electrons. The first kappa shape index (κ1) is 13.7. The Morgan fingerprint density at radius 1 is 0.789 bits per heavy atom. The monoisotopic (exact) mass is 423 g/mol. The van der Waals surface area contributed by atoms with Gasteiger partial charge in [0.05, 0.1) is 0 Å². The van der Waals surface area contributed by atoms with Gasteiger partial charge in [0, 0.05) is 32.5 Å². The van der Waals surface area contributed by atoms with Crippen molar-refractivity contribution in [2.75, 3.05) is 0 Å². The van der Waals surface area contributed by atoms with Crippen LogP contribution in [0, 0.1) is 6.07 Å². The molecular weight excluding hydrogens is 410 g/mol. The third-order valence-corrected chi connectivity index (χ3v) is 2.92. The van der Waals surface area contributed by atoms with Crippen LogP contribution < -0.4 is 0 Å². The van der Waals surface area contributed by atoms with Crippen LogP contribution in [0.3, 0.4) is 0 Å². The van der Waals surface area contributed by atoms with Crippen LogP contribution in [0.25, 0.3) is 22.3 Å². The smallest absolute Gasteiger partial charge is 0.0346 e. The zero-order chi connectivity index (χ0) is 12.2. The minimum absolute atomic E-state index is 0. The first-order valence-electron chi connectivity index (χ1n) is 5.91. The fraction of sp³-hybridized carbons (Fsp3) is 0. The Bertz CT molecular complexity index is 577. The van der Waals surface area contributed by atoms with Crippen molar-refractivity contribution >= 4 is 0 Å². The van der Waals surface area contributed by atoms with Crippen molar-refractivity contribution in [3.63, 3.8) is 0 Å². The Kier molecular flexibility index (Phi) is 4.62. The van der Waals surface area contributed by atoms with E-state index in [1.54, 1.807) is 6.20 Å². The fourth-order valence-electron chi connectivity index (χ4n) is 2.07. The van der Waals surface area contributed by atoms with Gasteiger partial charge in [0.1, 0.15) is 0 Å². The first-order chi connectivity index (χ1) is 8.95. The van der Waals surface area contributed by atoms with Gasteiger partial charge in [0.25, 0.3) is 0 Å². The molecular formula is C17H12IrN-. The molecule has 0 aliphatic rings. The molecule has 1 aromatic heterocycles. The van der Waals surface area contributed by atoms with E-state index < -0.39 is 0 Å². The quantitative estimate of drug-likeness (QED) is 0.564. The molecule has 1 nitrogen and oxygen atoms in total. The minimum Gasteiger partial charge on any atom is -0.264 e. The third-order valence-electron chi connectivity index (χ3n) is 2.92. The molecule has 3 aromatic rings. The van der Waals surface area contributed by atoms with Crippen LogP contribution in [-0.4, -0.2) is 4.98 Å². The van der Waals surface area contributed by atoms with Gasteiger partial charge in [-0.25, -0.2) is 0 Å². The Morgan fingerprint density at radius 3 is 2.16 bits per heavy atom. The van der Waals surface area contributed by atoms with Crippen molar-refractivity contribution in [3.8, 4) is 22.3 Å².